The molecule has 230 valence electrons. The van der Waals surface area contributed by atoms with Crippen molar-refractivity contribution < 1.29 is 18.8 Å². The number of hydrogen-bond donors (Lipinski definition) is 3. The van der Waals surface area contributed by atoms with E-state index in [0.717, 1.165) is 5.56 Å². The summed E-state index contributed by atoms with van der Waals surface area (Å²) < 4.78 is 14.5. The van der Waals surface area contributed by atoms with Gasteiger partial charge >= 0.3 is 0 Å². The smallest absolute Gasteiger partial charge is 0.272 e. The van der Waals surface area contributed by atoms with E-state index in [9.17, 15) is 18.8 Å². The maximum atomic E-state index is 14.5. The van der Waals surface area contributed by atoms with Crippen molar-refractivity contribution in [3.8, 4) is 0 Å². The van der Waals surface area contributed by atoms with Crippen LogP contribution in [-0.4, -0.2) is 17.7 Å². The molecule has 0 heterocycles. The van der Waals surface area contributed by atoms with Gasteiger partial charge in [0.1, 0.15) is 16.8 Å². The number of carbonyl (C=O) groups excluding carboxylic acids is 3. The average molecular weight is 671 g/mol. The van der Waals surface area contributed by atoms with Gasteiger partial charge in [-0.2, -0.15) is 0 Å². The molecule has 5 rings (SSSR count). The van der Waals surface area contributed by atoms with Crippen LogP contribution in [0.15, 0.2) is 138 Å². The standard InChI is InChI=1S/C36H26Cl2FN3O3S/c37-28-18-10-20-30(32(28)38)41-36(45)33(23-11-3-1-4-12-23)46-27-17-9-16-26(22-27)40-35(44)31(21-25-15-7-8-19-29(25)39)42-34(43)24-13-5-2-6-14-24/h1-22,33H,(H,40,44)(H,41,45)(H,42,43)/b31-21-. The summed E-state index contributed by atoms with van der Waals surface area (Å²) >= 11 is 13.7. The number of anilines is 2. The predicted molar refractivity (Wildman–Crippen MR) is 183 cm³/mol. The molecule has 6 nitrogen and oxygen atoms in total. The minimum Gasteiger partial charge on any atom is -0.323 e. The molecule has 0 saturated carbocycles. The van der Waals surface area contributed by atoms with Crippen molar-refractivity contribution in [3.63, 3.8) is 0 Å². The minimum atomic E-state index is -0.691. The average Bonchev–Trinajstić information content (AvgIpc) is 3.07. The second-order valence-corrected chi connectivity index (χ2v) is 11.8. The van der Waals surface area contributed by atoms with Crippen LogP contribution < -0.4 is 16.0 Å². The van der Waals surface area contributed by atoms with Gasteiger partial charge in [0.2, 0.25) is 5.91 Å². The van der Waals surface area contributed by atoms with Gasteiger partial charge < -0.3 is 16.0 Å². The third-order valence-electron chi connectivity index (χ3n) is 6.63. The largest absolute Gasteiger partial charge is 0.323 e. The van der Waals surface area contributed by atoms with Crippen molar-refractivity contribution in [2.45, 2.75) is 10.1 Å². The Morgan fingerprint density at radius 3 is 2.15 bits per heavy atom. The van der Waals surface area contributed by atoms with E-state index in [2.05, 4.69) is 16.0 Å². The second kappa shape index (κ2) is 15.4. The van der Waals surface area contributed by atoms with Crippen LogP contribution in [0.1, 0.15) is 26.7 Å². The Labute approximate surface area is 279 Å². The van der Waals surface area contributed by atoms with Gasteiger partial charge in [-0.15, -0.1) is 11.8 Å². The number of carbonyl (C=O) groups is 3. The third kappa shape index (κ3) is 8.43. The fourth-order valence-electron chi connectivity index (χ4n) is 4.37. The minimum absolute atomic E-state index is 0.127. The highest BCUT2D eigenvalue weighted by atomic mass is 35.5. The van der Waals surface area contributed by atoms with Crippen LogP contribution in [0.4, 0.5) is 15.8 Å². The maximum Gasteiger partial charge on any atom is 0.272 e. The number of halogens is 3. The third-order valence-corrected chi connectivity index (χ3v) is 8.70. The van der Waals surface area contributed by atoms with Gasteiger partial charge in [-0.25, -0.2) is 4.39 Å². The Morgan fingerprint density at radius 1 is 0.739 bits per heavy atom. The van der Waals surface area contributed by atoms with E-state index in [4.69, 9.17) is 23.2 Å². The first-order chi connectivity index (χ1) is 22.3. The van der Waals surface area contributed by atoms with Crippen molar-refractivity contribution in [2.24, 2.45) is 0 Å². The lowest BCUT2D eigenvalue weighted by Gasteiger charge is -2.18. The van der Waals surface area contributed by atoms with Crippen molar-refractivity contribution in [1.29, 1.82) is 0 Å². The summed E-state index contributed by atoms with van der Waals surface area (Å²) in [5.74, 6) is -2.07. The molecule has 3 amide bonds. The summed E-state index contributed by atoms with van der Waals surface area (Å²) in [5, 5.41) is 8.12. The zero-order valence-electron chi connectivity index (χ0n) is 24.0. The molecule has 1 atom stereocenters. The fourth-order valence-corrected chi connectivity index (χ4v) is 5.80. The van der Waals surface area contributed by atoms with Crippen molar-refractivity contribution >= 4 is 70.1 Å². The quantitative estimate of drug-likeness (QED) is 0.102. The molecule has 0 aliphatic rings. The molecule has 0 aliphatic heterocycles. The summed E-state index contributed by atoms with van der Waals surface area (Å²) in [4.78, 5) is 40.7. The molecule has 0 fully saturated rings. The molecule has 0 spiro atoms. The van der Waals surface area contributed by atoms with Crippen LogP contribution in [0.5, 0.6) is 0 Å². The van der Waals surface area contributed by atoms with E-state index >= 15 is 0 Å². The first-order valence-electron chi connectivity index (χ1n) is 14.0. The number of benzene rings is 5. The number of amides is 3. The van der Waals surface area contributed by atoms with Gasteiger partial charge in [-0.3, -0.25) is 14.4 Å². The Morgan fingerprint density at radius 2 is 1.41 bits per heavy atom. The van der Waals surface area contributed by atoms with Gasteiger partial charge in [0.15, 0.2) is 0 Å². The molecule has 0 bridgehead atoms. The summed E-state index contributed by atoms with van der Waals surface area (Å²) in [6.07, 6.45) is 1.28. The van der Waals surface area contributed by atoms with Crippen LogP contribution in [0.2, 0.25) is 10.0 Å². The highest BCUT2D eigenvalue weighted by molar-refractivity contribution is 8.00. The zero-order valence-corrected chi connectivity index (χ0v) is 26.4. The highest BCUT2D eigenvalue weighted by Crippen LogP contribution is 2.38. The lowest BCUT2D eigenvalue weighted by Crippen LogP contribution is -2.30. The molecule has 0 aromatic heterocycles. The summed E-state index contributed by atoms with van der Waals surface area (Å²) in [5.41, 5.74) is 1.83. The molecule has 0 saturated heterocycles. The Bertz CT molecular complexity index is 1910. The molecule has 3 N–H and O–H groups in total. The fraction of sp³-hybridized carbons (Fsp3) is 0.0278. The maximum absolute atomic E-state index is 14.5. The van der Waals surface area contributed by atoms with E-state index in [0.29, 0.717) is 26.9 Å². The molecular weight excluding hydrogens is 644 g/mol. The zero-order chi connectivity index (χ0) is 32.5. The van der Waals surface area contributed by atoms with Crippen molar-refractivity contribution in [2.75, 3.05) is 10.6 Å². The van der Waals surface area contributed by atoms with Crippen LogP contribution >= 0.6 is 35.0 Å². The van der Waals surface area contributed by atoms with E-state index in [1.165, 1.54) is 36.0 Å². The van der Waals surface area contributed by atoms with Crippen LogP contribution in [0.25, 0.3) is 6.08 Å². The number of hydrogen-bond acceptors (Lipinski definition) is 4. The number of thioether (sulfide) groups is 1. The van der Waals surface area contributed by atoms with Gasteiger partial charge in [0.05, 0.1) is 15.7 Å². The van der Waals surface area contributed by atoms with Crippen molar-refractivity contribution in [1.82, 2.24) is 5.32 Å². The van der Waals surface area contributed by atoms with E-state index in [1.807, 2.05) is 36.4 Å². The molecule has 5 aromatic carbocycles. The monoisotopic (exact) mass is 669 g/mol. The van der Waals surface area contributed by atoms with Gasteiger partial charge in [0, 0.05) is 21.7 Å². The molecular formula is C36H26Cl2FN3O3S. The lowest BCUT2D eigenvalue weighted by atomic mass is 10.1. The molecule has 1 unspecified atom stereocenters. The Hall–Kier alpha value is -4.89. The molecule has 10 heteroatoms. The van der Waals surface area contributed by atoms with Crippen LogP contribution in [-0.2, 0) is 9.59 Å². The summed E-state index contributed by atoms with van der Waals surface area (Å²) in [6.45, 7) is 0. The predicted octanol–water partition coefficient (Wildman–Crippen LogP) is 9.01. The molecule has 0 aliphatic carbocycles. The lowest BCUT2D eigenvalue weighted by molar-refractivity contribution is -0.116. The van der Waals surface area contributed by atoms with E-state index in [-0.39, 0.29) is 22.2 Å². The van der Waals surface area contributed by atoms with Gasteiger partial charge in [0.25, 0.3) is 11.8 Å². The summed E-state index contributed by atoms with van der Waals surface area (Å²) in [6, 6.07) is 35.4. The highest BCUT2D eigenvalue weighted by Gasteiger charge is 2.24. The second-order valence-electron chi connectivity index (χ2n) is 9.88. The van der Waals surface area contributed by atoms with Gasteiger partial charge in [-0.05, 0) is 60.2 Å². The first-order valence-corrected chi connectivity index (χ1v) is 15.6. The van der Waals surface area contributed by atoms with Crippen LogP contribution in [0, 0.1) is 5.82 Å². The van der Waals surface area contributed by atoms with E-state index in [1.54, 1.807) is 72.8 Å². The summed E-state index contributed by atoms with van der Waals surface area (Å²) in [7, 11) is 0. The number of nitrogens with one attached hydrogen (secondary N) is 3. The first kappa shape index (κ1) is 32.5. The van der Waals surface area contributed by atoms with E-state index < -0.39 is 22.9 Å². The Kier molecular flexibility index (Phi) is 10.9. The molecule has 5 aromatic rings. The number of rotatable bonds is 10. The molecule has 46 heavy (non-hydrogen) atoms. The van der Waals surface area contributed by atoms with Crippen molar-refractivity contribution in [3.05, 3.63) is 166 Å². The Balaban J connectivity index is 1.39. The van der Waals surface area contributed by atoms with Gasteiger partial charge in [-0.1, -0.05) is 102 Å². The topological polar surface area (TPSA) is 87.3 Å². The molecule has 0 radical (unpaired) electrons. The SMILES string of the molecule is O=C(Nc1cccc(SC(C(=O)Nc2cccc(Cl)c2Cl)c2ccccc2)c1)/C(=C/c1ccccc1F)NC(=O)c1ccccc1. The normalized spacial score (nSPS) is 11.8. The van der Waals surface area contributed by atoms with Crippen LogP contribution in [0.3, 0.4) is 0 Å².